The molecule has 1 rings (SSSR count). The number of nitrogens with zero attached hydrogens (tertiary/aromatic N) is 1. The van der Waals surface area contributed by atoms with Gasteiger partial charge in [0.2, 0.25) is 0 Å². The van der Waals surface area contributed by atoms with E-state index >= 15 is 0 Å². The summed E-state index contributed by atoms with van der Waals surface area (Å²) in [6.07, 6.45) is 0. The molecule has 1 aromatic carbocycles. The zero-order chi connectivity index (χ0) is 13.0. The molecule has 0 saturated heterocycles. The maximum Gasteiger partial charge on any atom is 0.151 e. The molecule has 1 atom stereocenters. The number of rotatable bonds is 4. The van der Waals surface area contributed by atoms with Gasteiger partial charge in [0, 0.05) is 5.56 Å². The van der Waals surface area contributed by atoms with Gasteiger partial charge in [-0.3, -0.25) is 4.79 Å². The summed E-state index contributed by atoms with van der Waals surface area (Å²) in [4.78, 5) is 11.4. The maximum absolute atomic E-state index is 11.4. The zero-order valence-electron chi connectivity index (χ0n) is 10.7. The number of methoxy groups -OCH3 is 1. The van der Waals surface area contributed by atoms with Gasteiger partial charge in [-0.15, -0.1) is 0 Å². The monoisotopic (exact) mass is 231 g/mol. The van der Waals surface area contributed by atoms with Crippen LogP contribution in [0.1, 0.15) is 43.7 Å². The molecule has 0 amide bonds. The first-order chi connectivity index (χ1) is 8.01. The molecular formula is C14H17NO2. The highest BCUT2D eigenvalue weighted by molar-refractivity contribution is 5.87. The molecule has 3 heteroatoms. The molecule has 0 N–H and O–H groups in total. The van der Waals surface area contributed by atoms with Gasteiger partial charge in [-0.2, -0.15) is 5.26 Å². The van der Waals surface area contributed by atoms with E-state index in [4.69, 9.17) is 10.00 Å². The Bertz CT molecular complexity index is 458. The van der Waals surface area contributed by atoms with Gasteiger partial charge in [0.25, 0.3) is 0 Å². The van der Waals surface area contributed by atoms with Gasteiger partial charge in [-0.25, -0.2) is 0 Å². The van der Waals surface area contributed by atoms with Crippen LogP contribution in [0.5, 0.6) is 5.75 Å². The molecule has 3 nitrogen and oxygen atoms in total. The summed E-state index contributed by atoms with van der Waals surface area (Å²) < 4.78 is 5.21. The van der Waals surface area contributed by atoms with Crippen molar-refractivity contribution < 1.29 is 9.53 Å². The van der Waals surface area contributed by atoms with Crippen LogP contribution in [0.2, 0.25) is 0 Å². The topological polar surface area (TPSA) is 50.1 Å². The van der Waals surface area contributed by atoms with E-state index in [9.17, 15) is 4.79 Å². The second-order valence-electron chi connectivity index (χ2n) is 4.33. The molecule has 90 valence electrons. The fourth-order valence-corrected chi connectivity index (χ4v) is 1.72. The lowest BCUT2D eigenvalue weighted by molar-refractivity contribution is -0.117. The van der Waals surface area contributed by atoms with E-state index in [-0.39, 0.29) is 5.78 Å². The predicted octanol–water partition coefficient (Wildman–Crippen LogP) is 3.01. The molecule has 0 spiro atoms. The number of nitriles is 1. The number of Topliss-reactive ketones (excluding diaryl/α,β-unsaturated/α-hetero) is 1. The van der Waals surface area contributed by atoms with Crippen LogP contribution in [0.25, 0.3) is 0 Å². The van der Waals surface area contributed by atoms with Crippen molar-refractivity contribution in [2.45, 2.75) is 32.6 Å². The summed E-state index contributed by atoms with van der Waals surface area (Å²) in [6, 6.07) is 7.69. The van der Waals surface area contributed by atoms with E-state index < -0.39 is 5.92 Å². The molecule has 0 bridgehead atoms. The van der Waals surface area contributed by atoms with Gasteiger partial charge in [0.15, 0.2) is 5.78 Å². The van der Waals surface area contributed by atoms with Crippen molar-refractivity contribution in [3.8, 4) is 11.8 Å². The van der Waals surface area contributed by atoms with E-state index in [0.717, 1.165) is 5.56 Å². The van der Waals surface area contributed by atoms with Crippen LogP contribution in [-0.4, -0.2) is 12.9 Å². The summed E-state index contributed by atoms with van der Waals surface area (Å²) in [5, 5.41) is 9.07. The van der Waals surface area contributed by atoms with E-state index in [0.29, 0.717) is 17.2 Å². The number of hydrogen-bond acceptors (Lipinski definition) is 3. The second kappa shape index (κ2) is 5.49. The molecule has 0 aliphatic heterocycles. The molecule has 0 saturated carbocycles. The predicted molar refractivity (Wildman–Crippen MR) is 66.1 cm³/mol. The van der Waals surface area contributed by atoms with Gasteiger partial charge in [0.1, 0.15) is 11.7 Å². The SMILES string of the molecule is COc1ccc(C(C)C)cc1C(C#N)C(C)=O. The summed E-state index contributed by atoms with van der Waals surface area (Å²) in [5.74, 6) is 0.0393. The van der Waals surface area contributed by atoms with E-state index in [1.165, 1.54) is 6.92 Å². The minimum atomic E-state index is -0.747. The number of carbonyl (C=O) groups is 1. The zero-order valence-corrected chi connectivity index (χ0v) is 10.7. The molecule has 0 fully saturated rings. The first-order valence-corrected chi connectivity index (χ1v) is 5.59. The molecule has 1 aromatic rings. The van der Waals surface area contributed by atoms with Crippen molar-refractivity contribution in [2.24, 2.45) is 0 Å². The highest BCUT2D eigenvalue weighted by Crippen LogP contribution is 2.30. The highest BCUT2D eigenvalue weighted by atomic mass is 16.5. The Morgan fingerprint density at radius 3 is 2.47 bits per heavy atom. The van der Waals surface area contributed by atoms with Gasteiger partial charge >= 0.3 is 0 Å². The molecule has 0 aliphatic carbocycles. The van der Waals surface area contributed by atoms with Crippen LogP contribution < -0.4 is 4.74 Å². The average molecular weight is 231 g/mol. The lowest BCUT2D eigenvalue weighted by Gasteiger charge is -2.14. The summed E-state index contributed by atoms with van der Waals surface area (Å²) in [6.45, 7) is 5.57. The standard InChI is InChI=1S/C14H17NO2/c1-9(2)11-5-6-14(17-4)12(7-11)13(8-15)10(3)16/h5-7,9,13H,1-4H3. The lowest BCUT2D eigenvalue weighted by Crippen LogP contribution is -2.09. The van der Waals surface area contributed by atoms with Gasteiger partial charge in [-0.05, 0) is 24.5 Å². The van der Waals surface area contributed by atoms with Crippen molar-refractivity contribution >= 4 is 5.78 Å². The first kappa shape index (κ1) is 13.2. The van der Waals surface area contributed by atoms with Crippen LogP contribution in [0.3, 0.4) is 0 Å². The van der Waals surface area contributed by atoms with Crippen molar-refractivity contribution in [2.75, 3.05) is 7.11 Å². The summed E-state index contributed by atoms with van der Waals surface area (Å²) >= 11 is 0. The number of carbonyl (C=O) groups excluding carboxylic acids is 1. The van der Waals surface area contributed by atoms with Crippen molar-refractivity contribution in [3.63, 3.8) is 0 Å². The summed E-state index contributed by atoms with van der Waals surface area (Å²) in [5.41, 5.74) is 1.76. The van der Waals surface area contributed by atoms with Crippen LogP contribution >= 0.6 is 0 Å². The van der Waals surface area contributed by atoms with Crippen LogP contribution in [0, 0.1) is 11.3 Å². The number of ether oxygens (including phenoxy) is 1. The Kier molecular flexibility index (Phi) is 4.28. The first-order valence-electron chi connectivity index (χ1n) is 5.59. The van der Waals surface area contributed by atoms with E-state index in [2.05, 4.69) is 13.8 Å². The van der Waals surface area contributed by atoms with E-state index in [1.807, 2.05) is 24.3 Å². The molecule has 17 heavy (non-hydrogen) atoms. The largest absolute Gasteiger partial charge is 0.496 e. The third-order valence-electron chi connectivity index (χ3n) is 2.77. The quantitative estimate of drug-likeness (QED) is 0.800. The van der Waals surface area contributed by atoms with Gasteiger partial charge in [-0.1, -0.05) is 26.0 Å². The van der Waals surface area contributed by atoms with Crippen molar-refractivity contribution in [3.05, 3.63) is 29.3 Å². The Balaban J connectivity index is 3.32. The lowest BCUT2D eigenvalue weighted by atomic mass is 9.91. The molecular weight excluding hydrogens is 214 g/mol. The van der Waals surface area contributed by atoms with Crippen molar-refractivity contribution in [1.29, 1.82) is 5.26 Å². The van der Waals surface area contributed by atoms with Crippen LogP contribution in [0.4, 0.5) is 0 Å². The Morgan fingerprint density at radius 1 is 1.41 bits per heavy atom. The van der Waals surface area contributed by atoms with Crippen LogP contribution in [-0.2, 0) is 4.79 Å². The van der Waals surface area contributed by atoms with Gasteiger partial charge in [0.05, 0.1) is 13.2 Å². The Labute approximate surface area is 102 Å². The average Bonchev–Trinajstić information content (AvgIpc) is 2.29. The van der Waals surface area contributed by atoms with Gasteiger partial charge < -0.3 is 4.74 Å². The van der Waals surface area contributed by atoms with Crippen molar-refractivity contribution in [1.82, 2.24) is 0 Å². The molecule has 0 aromatic heterocycles. The Hall–Kier alpha value is -1.82. The number of hydrogen-bond donors (Lipinski definition) is 0. The fraction of sp³-hybridized carbons (Fsp3) is 0.429. The molecule has 0 aliphatic rings. The minimum absolute atomic E-state index is 0.160. The molecule has 0 heterocycles. The second-order valence-corrected chi connectivity index (χ2v) is 4.33. The van der Waals surface area contributed by atoms with E-state index in [1.54, 1.807) is 7.11 Å². The Morgan fingerprint density at radius 2 is 2.06 bits per heavy atom. The summed E-state index contributed by atoms with van der Waals surface area (Å²) in [7, 11) is 1.54. The molecule has 1 unspecified atom stereocenters. The van der Waals surface area contributed by atoms with Crippen LogP contribution in [0.15, 0.2) is 18.2 Å². The fourth-order valence-electron chi connectivity index (χ4n) is 1.72. The highest BCUT2D eigenvalue weighted by Gasteiger charge is 2.21. The molecule has 0 radical (unpaired) electrons. The maximum atomic E-state index is 11.4. The normalized spacial score (nSPS) is 12.0. The number of ketones is 1. The number of benzene rings is 1. The third kappa shape index (κ3) is 2.85. The smallest absolute Gasteiger partial charge is 0.151 e. The minimum Gasteiger partial charge on any atom is -0.496 e. The third-order valence-corrected chi connectivity index (χ3v) is 2.77.